The zero-order chi connectivity index (χ0) is 25.2. The molecular weight excluding hydrogens is 422 g/mol. The van der Waals surface area contributed by atoms with Gasteiger partial charge in [-0.05, 0) is 44.7 Å². The van der Waals surface area contributed by atoms with Crippen LogP contribution in [0.2, 0.25) is 0 Å². The molecule has 1 heteroatoms. The molecule has 210 valence electrons. The van der Waals surface area contributed by atoms with Crippen LogP contribution in [0.4, 0.5) is 0 Å². The molecule has 1 rings (SSSR count). The lowest BCUT2D eigenvalue weighted by atomic mass is 9.92. The summed E-state index contributed by atoms with van der Waals surface area (Å²) < 4.78 is 0. The molecule has 0 spiro atoms. The van der Waals surface area contributed by atoms with Crippen LogP contribution in [-0.4, -0.2) is 24.0 Å². The molecule has 0 aliphatic heterocycles. The van der Waals surface area contributed by atoms with Crippen LogP contribution < -0.4 is 0 Å². The summed E-state index contributed by atoms with van der Waals surface area (Å²) in [7, 11) is 0. The van der Waals surface area contributed by atoms with Crippen molar-refractivity contribution < 1.29 is 0 Å². The van der Waals surface area contributed by atoms with Gasteiger partial charge in [-0.2, -0.15) is 0 Å². The molecule has 0 aromatic heterocycles. The number of nitrogens with zero attached hydrogens (tertiary/aromatic N) is 1. The summed E-state index contributed by atoms with van der Waals surface area (Å²) in [5.74, 6) is 1.03. The highest BCUT2D eigenvalue weighted by molar-refractivity contribution is 4.76. The molecule has 0 amide bonds. The quantitative estimate of drug-likeness (QED) is 0.109. The van der Waals surface area contributed by atoms with Crippen LogP contribution in [0.3, 0.4) is 0 Å². The van der Waals surface area contributed by atoms with E-state index in [-0.39, 0.29) is 0 Å². The predicted molar refractivity (Wildman–Crippen MR) is 161 cm³/mol. The van der Waals surface area contributed by atoms with E-state index < -0.39 is 0 Å². The van der Waals surface area contributed by atoms with Crippen molar-refractivity contribution in [2.45, 2.75) is 200 Å². The van der Waals surface area contributed by atoms with Gasteiger partial charge in [0.25, 0.3) is 0 Å². The van der Waals surface area contributed by atoms with Crippen molar-refractivity contribution in [3.63, 3.8) is 0 Å². The summed E-state index contributed by atoms with van der Waals surface area (Å²) in [6, 6.07) is 0.921. The van der Waals surface area contributed by atoms with Gasteiger partial charge in [0.2, 0.25) is 0 Å². The van der Waals surface area contributed by atoms with E-state index in [2.05, 4.69) is 25.7 Å². The van der Waals surface area contributed by atoms with E-state index in [1.54, 1.807) is 0 Å². The Morgan fingerprint density at radius 3 is 1.34 bits per heavy atom. The first-order valence-electron chi connectivity index (χ1n) is 17.1. The van der Waals surface area contributed by atoms with E-state index in [9.17, 15) is 0 Å². The van der Waals surface area contributed by atoms with Gasteiger partial charge in [-0.3, -0.25) is 0 Å². The van der Waals surface area contributed by atoms with Crippen molar-refractivity contribution >= 4 is 0 Å². The SMILES string of the molecule is CCCCN(CCCCCCCCCCCCCCCCCC(CCC)CCC)C1CCCCC1. The van der Waals surface area contributed by atoms with Gasteiger partial charge in [0.1, 0.15) is 0 Å². The highest BCUT2D eigenvalue weighted by atomic mass is 15.1. The van der Waals surface area contributed by atoms with E-state index in [0.717, 1.165) is 12.0 Å². The molecule has 0 unspecified atom stereocenters. The molecule has 1 aliphatic carbocycles. The Labute approximate surface area is 224 Å². The van der Waals surface area contributed by atoms with E-state index >= 15 is 0 Å². The minimum absolute atomic E-state index is 0.921. The molecule has 1 nitrogen and oxygen atoms in total. The van der Waals surface area contributed by atoms with E-state index in [1.165, 1.54) is 186 Å². The number of hydrogen-bond donors (Lipinski definition) is 0. The fourth-order valence-electron chi connectivity index (χ4n) is 6.58. The fraction of sp³-hybridized carbons (Fsp3) is 1.00. The Morgan fingerprint density at radius 2 is 0.886 bits per heavy atom. The number of rotatable bonds is 26. The number of unbranched alkanes of at least 4 members (excludes halogenated alkanes) is 15. The average Bonchev–Trinajstić information content (AvgIpc) is 2.88. The van der Waals surface area contributed by atoms with Crippen molar-refractivity contribution in [3.8, 4) is 0 Å². The normalized spacial score (nSPS) is 15.0. The third-order valence-electron chi connectivity index (χ3n) is 8.84. The minimum atomic E-state index is 0.921. The largest absolute Gasteiger partial charge is 0.300 e. The Morgan fingerprint density at radius 1 is 0.457 bits per heavy atom. The molecule has 1 aliphatic rings. The summed E-state index contributed by atoms with van der Waals surface area (Å²) in [5.41, 5.74) is 0. The summed E-state index contributed by atoms with van der Waals surface area (Å²) in [6.07, 6.45) is 39.6. The first kappa shape index (κ1) is 33.0. The third kappa shape index (κ3) is 19.7. The van der Waals surface area contributed by atoms with E-state index in [0.29, 0.717) is 0 Å². The smallest absolute Gasteiger partial charge is 0.00952 e. The summed E-state index contributed by atoms with van der Waals surface area (Å²) in [5, 5.41) is 0. The highest BCUT2D eigenvalue weighted by Gasteiger charge is 2.20. The third-order valence-corrected chi connectivity index (χ3v) is 8.84. The molecule has 0 aromatic rings. The lowest BCUT2D eigenvalue weighted by Gasteiger charge is -2.34. The van der Waals surface area contributed by atoms with Crippen molar-refractivity contribution in [1.82, 2.24) is 4.90 Å². The number of hydrogen-bond acceptors (Lipinski definition) is 1. The van der Waals surface area contributed by atoms with Crippen LogP contribution in [0.5, 0.6) is 0 Å². The predicted octanol–water partition coefficient (Wildman–Crippen LogP) is 11.9. The maximum Gasteiger partial charge on any atom is 0.00952 e. The molecule has 35 heavy (non-hydrogen) atoms. The molecular formula is C34H69N. The molecule has 1 fully saturated rings. The van der Waals surface area contributed by atoms with E-state index in [4.69, 9.17) is 0 Å². The summed E-state index contributed by atoms with van der Waals surface area (Å²) in [6.45, 7) is 9.79. The molecule has 0 radical (unpaired) electrons. The van der Waals surface area contributed by atoms with Crippen molar-refractivity contribution in [2.24, 2.45) is 5.92 Å². The molecule has 0 N–H and O–H groups in total. The lowest BCUT2D eigenvalue weighted by Crippen LogP contribution is -2.38. The first-order valence-corrected chi connectivity index (χ1v) is 17.1. The molecule has 1 saturated carbocycles. The van der Waals surface area contributed by atoms with Crippen LogP contribution >= 0.6 is 0 Å². The Bertz CT molecular complexity index is 393. The monoisotopic (exact) mass is 492 g/mol. The summed E-state index contributed by atoms with van der Waals surface area (Å²) in [4.78, 5) is 2.87. The maximum atomic E-state index is 2.87. The molecule has 0 heterocycles. The topological polar surface area (TPSA) is 3.24 Å². The fourth-order valence-corrected chi connectivity index (χ4v) is 6.58. The van der Waals surface area contributed by atoms with Gasteiger partial charge < -0.3 is 4.90 Å². The zero-order valence-corrected chi connectivity index (χ0v) is 25.1. The van der Waals surface area contributed by atoms with Crippen LogP contribution in [0, 0.1) is 5.92 Å². The standard InChI is InChI=1S/C34H69N/c1-4-7-31-35(34-29-23-21-24-30-34)32-25-20-18-16-14-12-10-8-9-11-13-15-17-19-22-28-33(26-5-2)27-6-3/h33-34H,4-32H2,1-3H3. The van der Waals surface area contributed by atoms with Crippen LogP contribution in [-0.2, 0) is 0 Å². The average molecular weight is 492 g/mol. The van der Waals surface area contributed by atoms with Crippen LogP contribution in [0.1, 0.15) is 194 Å². The van der Waals surface area contributed by atoms with Gasteiger partial charge in [-0.15, -0.1) is 0 Å². The van der Waals surface area contributed by atoms with Gasteiger partial charge in [0.15, 0.2) is 0 Å². The highest BCUT2D eigenvalue weighted by Crippen LogP contribution is 2.24. The van der Waals surface area contributed by atoms with Gasteiger partial charge >= 0.3 is 0 Å². The lowest BCUT2D eigenvalue weighted by molar-refractivity contribution is 0.150. The van der Waals surface area contributed by atoms with Crippen LogP contribution in [0.15, 0.2) is 0 Å². The van der Waals surface area contributed by atoms with Crippen molar-refractivity contribution in [1.29, 1.82) is 0 Å². The molecule has 0 atom stereocenters. The summed E-state index contributed by atoms with van der Waals surface area (Å²) >= 11 is 0. The van der Waals surface area contributed by atoms with Gasteiger partial charge in [0, 0.05) is 6.04 Å². The Kier molecular flexibility index (Phi) is 24.1. The van der Waals surface area contributed by atoms with Crippen molar-refractivity contribution in [3.05, 3.63) is 0 Å². The maximum absolute atomic E-state index is 2.87. The minimum Gasteiger partial charge on any atom is -0.300 e. The first-order chi connectivity index (χ1) is 17.3. The molecule has 0 aromatic carbocycles. The van der Waals surface area contributed by atoms with Crippen LogP contribution in [0.25, 0.3) is 0 Å². The van der Waals surface area contributed by atoms with Gasteiger partial charge in [0.05, 0.1) is 0 Å². The Hall–Kier alpha value is -0.0400. The van der Waals surface area contributed by atoms with E-state index in [1.807, 2.05) is 0 Å². The second kappa shape index (κ2) is 25.6. The van der Waals surface area contributed by atoms with Gasteiger partial charge in [-0.25, -0.2) is 0 Å². The molecule has 0 bridgehead atoms. The second-order valence-electron chi connectivity index (χ2n) is 12.2. The second-order valence-corrected chi connectivity index (χ2v) is 12.2. The van der Waals surface area contributed by atoms with Gasteiger partial charge in [-0.1, -0.05) is 168 Å². The zero-order valence-electron chi connectivity index (χ0n) is 25.1. The van der Waals surface area contributed by atoms with Crippen molar-refractivity contribution in [2.75, 3.05) is 13.1 Å². The Balaban J connectivity index is 1.83. The molecule has 0 saturated heterocycles.